The molecule has 2 aromatic carbocycles. The van der Waals surface area contributed by atoms with Crippen LogP contribution in [-0.4, -0.2) is 67.2 Å². The summed E-state index contributed by atoms with van der Waals surface area (Å²) in [6, 6.07) is 9.39. The lowest BCUT2D eigenvalue weighted by Gasteiger charge is -2.23. The van der Waals surface area contributed by atoms with E-state index in [1.165, 1.54) is 44.6 Å². The number of amides is 1. The molecule has 2 aromatic rings. The summed E-state index contributed by atoms with van der Waals surface area (Å²) in [5, 5.41) is 9.99. The van der Waals surface area contributed by atoms with Crippen LogP contribution in [-0.2, 0) is 20.7 Å². The SMILES string of the molecule is COc1ccc(C(=O)COC(=O)C2CC(O)CN2C(=O)Cc2ccccc2F)c(OC)c1. The Hall–Kier alpha value is -3.46. The van der Waals surface area contributed by atoms with Crippen molar-refractivity contribution in [2.24, 2.45) is 0 Å². The van der Waals surface area contributed by atoms with E-state index < -0.39 is 42.2 Å². The van der Waals surface area contributed by atoms with Crippen LogP contribution >= 0.6 is 0 Å². The maximum absolute atomic E-state index is 13.9. The summed E-state index contributed by atoms with van der Waals surface area (Å²) < 4.78 is 29.3. The van der Waals surface area contributed by atoms with Crippen LogP contribution in [0.2, 0.25) is 0 Å². The van der Waals surface area contributed by atoms with E-state index in [4.69, 9.17) is 14.2 Å². The minimum Gasteiger partial charge on any atom is -0.497 e. The van der Waals surface area contributed by atoms with Crippen molar-refractivity contribution in [1.82, 2.24) is 4.90 Å². The molecule has 0 spiro atoms. The van der Waals surface area contributed by atoms with Gasteiger partial charge in [-0.05, 0) is 23.8 Å². The molecule has 1 saturated heterocycles. The van der Waals surface area contributed by atoms with Gasteiger partial charge in [-0.3, -0.25) is 9.59 Å². The lowest BCUT2D eigenvalue weighted by molar-refractivity contribution is -0.152. The van der Waals surface area contributed by atoms with Crippen LogP contribution in [0.4, 0.5) is 4.39 Å². The molecule has 0 aromatic heterocycles. The van der Waals surface area contributed by atoms with Crippen molar-refractivity contribution >= 4 is 17.7 Å². The van der Waals surface area contributed by atoms with Crippen molar-refractivity contribution in [3.63, 3.8) is 0 Å². The number of hydrogen-bond donors (Lipinski definition) is 1. The smallest absolute Gasteiger partial charge is 0.329 e. The predicted octanol–water partition coefficient (Wildman–Crippen LogP) is 1.77. The number of aliphatic hydroxyl groups excluding tert-OH is 1. The van der Waals surface area contributed by atoms with Crippen molar-refractivity contribution in [3.05, 3.63) is 59.4 Å². The molecule has 1 heterocycles. The van der Waals surface area contributed by atoms with E-state index in [1.54, 1.807) is 12.1 Å². The largest absolute Gasteiger partial charge is 0.497 e. The van der Waals surface area contributed by atoms with Crippen molar-refractivity contribution in [2.75, 3.05) is 27.4 Å². The molecule has 1 aliphatic rings. The van der Waals surface area contributed by atoms with E-state index in [-0.39, 0.29) is 36.3 Å². The molecule has 1 aliphatic heterocycles. The Morgan fingerprint density at radius 3 is 2.56 bits per heavy atom. The number of likely N-dealkylation sites (tertiary alicyclic amines) is 1. The van der Waals surface area contributed by atoms with E-state index in [0.717, 1.165) is 4.90 Å². The van der Waals surface area contributed by atoms with Crippen LogP contribution < -0.4 is 9.47 Å². The minimum atomic E-state index is -1.06. The number of ether oxygens (including phenoxy) is 3. The second-order valence-electron chi connectivity index (χ2n) is 7.32. The molecule has 1 N–H and O–H groups in total. The number of Topliss-reactive ketones (excluding diaryl/α,β-unsaturated/α-hetero) is 1. The van der Waals surface area contributed by atoms with Crippen molar-refractivity contribution in [1.29, 1.82) is 0 Å². The zero-order valence-corrected chi connectivity index (χ0v) is 17.7. The number of nitrogens with zero attached hydrogens (tertiary/aromatic N) is 1. The highest BCUT2D eigenvalue weighted by atomic mass is 19.1. The average Bonchev–Trinajstić information content (AvgIpc) is 3.20. The van der Waals surface area contributed by atoms with Crippen LogP contribution in [0.15, 0.2) is 42.5 Å². The molecule has 0 radical (unpaired) electrons. The Kier molecular flexibility index (Phi) is 7.42. The highest BCUT2D eigenvalue weighted by Gasteiger charge is 2.40. The predicted molar refractivity (Wildman–Crippen MR) is 111 cm³/mol. The lowest BCUT2D eigenvalue weighted by Crippen LogP contribution is -2.42. The summed E-state index contributed by atoms with van der Waals surface area (Å²) in [7, 11) is 2.88. The first-order valence-electron chi connectivity index (χ1n) is 9.96. The molecule has 0 saturated carbocycles. The van der Waals surface area contributed by atoms with Crippen LogP contribution in [0, 0.1) is 5.82 Å². The summed E-state index contributed by atoms with van der Waals surface area (Å²) in [5.74, 6) is -1.59. The molecule has 9 heteroatoms. The first-order chi connectivity index (χ1) is 15.3. The number of benzene rings is 2. The number of methoxy groups -OCH3 is 2. The van der Waals surface area contributed by atoms with E-state index in [1.807, 2.05) is 0 Å². The second-order valence-corrected chi connectivity index (χ2v) is 7.32. The lowest BCUT2D eigenvalue weighted by atomic mass is 10.1. The molecular formula is C23H24FNO7. The molecule has 1 amide bonds. The summed E-state index contributed by atoms with van der Waals surface area (Å²) >= 11 is 0. The van der Waals surface area contributed by atoms with Crippen molar-refractivity contribution in [2.45, 2.75) is 25.0 Å². The van der Waals surface area contributed by atoms with Crippen LogP contribution in [0.25, 0.3) is 0 Å². The van der Waals surface area contributed by atoms with Crippen LogP contribution in [0.3, 0.4) is 0 Å². The van der Waals surface area contributed by atoms with Gasteiger partial charge in [0.1, 0.15) is 23.4 Å². The molecule has 3 rings (SSSR count). The number of carbonyl (C=O) groups excluding carboxylic acids is 3. The van der Waals surface area contributed by atoms with Gasteiger partial charge in [0.05, 0.1) is 32.3 Å². The molecule has 1 fully saturated rings. The van der Waals surface area contributed by atoms with Gasteiger partial charge in [0.2, 0.25) is 11.7 Å². The van der Waals surface area contributed by atoms with Gasteiger partial charge in [-0.15, -0.1) is 0 Å². The zero-order chi connectivity index (χ0) is 23.3. The van der Waals surface area contributed by atoms with Crippen molar-refractivity contribution in [3.8, 4) is 11.5 Å². The number of esters is 1. The fourth-order valence-corrected chi connectivity index (χ4v) is 3.56. The van der Waals surface area contributed by atoms with Crippen LogP contribution in [0.5, 0.6) is 11.5 Å². The average molecular weight is 445 g/mol. The van der Waals surface area contributed by atoms with Gasteiger partial charge in [0, 0.05) is 19.0 Å². The summed E-state index contributed by atoms with van der Waals surface area (Å²) in [4.78, 5) is 39.0. The second kappa shape index (κ2) is 10.2. The molecule has 8 nitrogen and oxygen atoms in total. The third-order valence-electron chi connectivity index (χ3n) is 5.23. The van der Waals surface area contributed by atoms with Crippen molar-refractivity contribution < 1.29 is 38.1 Å². The Labute approximate surface area is 184 Å². The third-order valence-corrected chi connectivity index (χ3v) is 5.23. The van der Waals surface area contributed by atoms with Gasteiger partial charge in [-0.25, -0.2) is 9.18 Å². The van der Waals surface area contributed by atoms with Gasteiger partial charge in [0.25, 0.3) is 0 Å². The number of carbonyl (C=O) groups is 3. The van der Waals surface area contributed by atoms with Crippen LogP contribution in [0.1, 0.15) is 22.3 Å². The summed E-state index contributed by atoms with van der Waals surface area (Å²) in [5.41, 5.74) is 0.396. The normalized spacial score (nSPS) is 17.7. The molecule has 32 heavy (non-hydrogen) atoms. The number of halogens is 1. The van der Waals surface area contributed by atoms with Gasteiger partial charge in [-0.1, -0.05) is 18.2 Å². The number of rotatable bonds is 8. The highest BCUT2D eigenvalue weighted by Crippen LogP contribution is 2.26. The van der Waals surface area contributed by atoms with Gasteiger partial charge >= 0.3 is 5.97 Å². The Bertz CT molecular complexity index is 1010. The molecule has 0 aliphatic carbocycles. The Morgan fingerprint density at radius 2 is 1.88 bits per heavy atom. The number of β-amino-alcohol motifs (C(OH)–C–C–N with tert-alkyl or cyclic N) is 1. The first-order valence-corrected chi connectivity index (χ1v) is 9.96. The number of ketones is 1. The van der Waals surface area contributed by atoms with Gasteiger partial charge in [-0.2, -0.15) is 0 Å². The number of hydrogen-bond acceptors (Lipinski definition) is 7. The topological polar surface area (TPSA) is 102 Å². The Morgan fingerprint density at radius 1 is 1.12 bits per heavy atom. The quantitative estimate of drug-likeness (QED) is 0.488. The monoisotopic (exact) mass is 445 g/mol. The van der Waals surface area contributed by atoms with E-state index in [0.29, 0.717) is 5.75 Å². The molecule has 2 unspecified atom stereocenters. The fraction of sp³-hybridized carbons (Fsp3) is 0.348. The van der Waals surface area contributed by atoms with Gasteiger partial charge < -0.3 is 24.2 Å². The van der Waals surface area contributed by atoms with E-state index in [2.05, 4.69) is 0 Å². The summed E-state index contributed by atoms with van der Waals surface area (Å²) in [6.45, 7) is -0.642. The fourth-order valence-electron chi connectivity index (χ4n) is 3.56. The maximum atomic E-state index is 13.9. The first kappa shape index (κ1) is 23.2. The molecule has 170 valence electrons. The number of aliphatic hydroxyl groups is 1. The molecule has 0 bridgehead atoms. The summed E-state index contributed by atoms with van der Waals surface area (Å²) in [6.07, 6.45) is -1.21. The highest BCUT2D eigenvalue weighted by molar-refractivity contribution is 6.00. The minimum absolute atomic E-state index is 0.0259. The maximum Gasteiger partial charge on any atom is 0.329 e. The van der Waals surface area contributed by atoms with E-state index >= 15 is 0 Å². The molecule has 2 atom stereocenters. The van der Waals surface area contributed by atoms with E-state index in [9.17, 15) is 23.9 Å². The zero-order valence-electron chi connectivity index (χ0n) is 17.7. The molecular weight excluding hydrogens is 421 g/mol. The Balaban J connectivity index is 1.65. The third kappa shape index (κ3) is 5.23. The standard InChI is InChI=1S/C23H24FNO7/c1-30-16-7-8-17(21(11-16)31-2)20(27)13-32-23(29)19-10-15(26)12-25(19)22(28)9-14-5-3-4-6-18(14)24/h3-8,11,15,19,26H,9-10,12-13H2,1-2H3. The van der Waals surface area contributed by atoms with Gasteiger partial charge in [0.15, 0.2) is 6.61 Å².